The highest BCUT2D eigenvalue weighted by molar-refractivity contribution is 5.81. The molecule has 0 heterocycles. The van der Waals surface area contributed by atoms with Crippen LogP contribution in [-0.2, 0) is 4.79 Å². The van der Waals surface area contributed by atoms with Crippen molar-refractivity contribution in [2.24, 2.45) is 0 Å². The molecular formula is C7H16N2O2. The van der Waals surface area contributed by atoms with Crippen LogP contribution in [0.2, 0.25) is 0 Å². The predicted molar refractivity (Wildman–Crippen MR) is 43.2 cm³/mol. The molecule has 0 aliphatic rings. The van der Waals surface area contributed by atoms with Gasteiger partial charge in [0.2, 0.25) is 5.91 Å². The van der Waals surface area contributed by atoms with Crippen molar-refractivity contribution in [3.63, 3.8) is 0 Å². The lowest BCUT2D eigenvalue weighted by Crippen LogP contribution is -2.42. The fraction of sp³-hybridized carbons (Fsp3) is 0.857. The molecule has 0 rings (SSSR count). The van der Waals surface area contributed by atoms with E-state index < -0.39 is 6.10 Å². The second kappa shape index (κ2) is 5.09. The van der Waals surface area contributed by atoms with Crippen molar-refractivity contribution in [1.82, 2.24) is 10.6 Å². The molecule has 66 valence electrons. The van der Waals surface area contributed by atoms with E-state index in [0.717, 1.165) is 0 Å². The van der Waals surface area contributed by atoms with E-state index in [1.54, 1.807) is 20.9 Å². The van der Waals surface area contributed by atoms with E-state index in [2.05, 4.69) is 10.6 Å². The number of rotatable bonds is 4. The van der Waals surface area contributed by atoms with Crippen LogP contribution in [0.5, 0.6) is 0 Å². The number of likely N-dealkylation sites (N-methyl/N-ethyl adjacent to an activating group) is 1. The Morgan fingerprint density at radius 3 is 2.45 bits per heavy atom. The lowest BCUT2D eigenvalue weighted by Gasteiger charge is -2.11. The zero-order chi connectivity index (χ0) is 8.85. The predicted octanol–water partition coefficient (Wildman–Crippen LogP) is -0.909. The Labute approximate surface area is 67.0 Å². The van der Waals surface area contributed by atoms with Crippen LogP contribution in [0.15, 0.2) is 0 Å². The topological polar surface area (TPSA) is 61.4 Å². The Bertz CT molecular complexity index is 126. The monoisotopic (exact) mass is 160 g/mol. The summed E-state index contributed by atoms with van der Waals surface area (Å²) in [5.41, 5.74) is 0. The van der Waals surface area contributed by atoms with Crippen LogP contribution >= 0.6 is 0 Å². The summed E-state index contributed by atoms with van der Waals surface area (Å²) in [5, 5.41) is 14.2. The quantitative estimate of drug-likeness (QED) is 0.499. The van der Waals surface area contributed by atoms with Gasteiger partial charge in [-0.1, -0.05) is 0 Å². The third-order valence-electron chi connectivity index (χ3n) is 1.40. The zero-order valence-electron chi connectivity index (χ0n) is 7.22. The first-order chi connectivity index (χ1) is 5.07. The first-order valence-electron chi connectivity index (χ1n) is 3.71. The highest BCUT2D eigenvalue weighted by Crippen LogP contribution is 1.80. The molecule has 0 radical (unpaired) electrons. The first-order valence-corrected chi connectivity index (χ1v) is 3.71. The maximum Gasteiger partial charge on any atom is 0.236 e. The maximum atomic E-state index is 11.0. The van der Waals surface area contributed by atoms with E-state index in [-0.39, 0.29) is 11.9 Å². The second-order valence-electron chi connectivity index (χ2n) is 2.60. The van der Waals surface area contributed by atoms with Gasteiger partial charge in [0.25, 0.3) is 0 Å². The summed E-state index contributed by atoms with van der Waals surface area (Å²) in [7, 11) is 1.71. The standard InChI is InChI=1S/C7H16N2O2/c1-5(10)4-9-7(11)6(2)8-3/h5-6,8,10H,4H2,1-3H3,(H,9,11). The summed E-state index contributed by atoms with van der Waals surface area (Å²) in [6.45, 7) is 3.70. The number of aliphatic hydroxyl groups is 1. The van der Waals surface area contributed by atoms with Crippen molar-refractivity contribution < 1.29 is 9.90 Å². The van der Waals surface area contributed by atoms with Gasteiger partial charge in [0.15, 0.2) is 0 Å². The van der Waals surface area contributed by atoms with Gasteiger partial charge in [-0.15, -0.1) is 0 Å². The van der Waals surface area contributed by atoms with Gasteiger partial charge in [0.05, 0.1) is 12.1 Å². The zero-order valence-corrected chi connectivity index (χ0v) is 7.22. The highest BCUT2D eigenvalue weighted by atomic mass is 16.3. The molecule has 0 spiro atoms. The smallest absolute Gasteiger partial charge is 0.236 e. The Morgan fingerprint density at radius 2 is 2.09 bits per heavy atom. The van der Waals surface area contributed by atoms with Crippen molar-refractivity contribution >= 4 is 5.91 Å². The van der Waals surface area contributed by atoms with Crippen LogP contribution in [0.4, 0.5) is 0 Å². The van der Waals surface area contributed by atoms with E-state index >= 15 is 0 Å². The number of carbonyl (C=O) groups excluding carboxylic acids is 1. The maximum absolute atomic E-state index is 11.0. The van der Waals surface area contributed by atoms with Crippen LogP contribution in [0, 0.1) is 0 Å². The van der Waals surface area contributed by atoms with Crippen LogP contribution in [0.1, 0.15) is 13.8 Å². The normalized spacial score (nSPS) is 15.6. The summed E-state index contributed by atoms with van der Waals surface area (Å²) in [5.74, 6) is -0.0894. The number of amides is 1. The number of nitrogens with one attached hydrogen (secondary N) is 2. The molecule has 0 aliphatic carbocycles. The Kier molecular flexibility index (Phi) is 4.81. The lowest BCUT2D eigenvalue weighted by atomic mass is 10.3. The molecule has 0 bridgehead atoms. The van der Waals surface area contributed by atoms with Crippen molar-refractivity contribution in [2.75, 3.05) is 13.6 Å². The van der Waals surface area contributed by atoms with E-state index in [1.165, 1.54) is 0 Å². The number of aliphatic hydroxyl groups excluding tert-OH is 1. The van der Waals surface area contributed by atoms with Crippen LogP contribution < -0.4 is 10.6 Å². The third-order valence-corrected chi connectivity index (χ3v) is 1.40. The van der Waals surface area contributed by atoms with Crippen molar-refractivity contribution in [2.45, 2.75) is 26.0 Å². The average Bonchev–Trinajstić information content (AvgIpc) is 1.98. The van der Waals surface area contributed by atoms with E-state index in [4.69, 9.17) is 5.11 Å². The molecule has 4 heteroatoms. The van der Waals surface area contributed by atoms with Gasteiger partial charge < -0.3 is 15.7 Å². The number of hydrogen-bond acceptors (Lipinski definition) is 3. The van der Waals surface area contributed by atoms with Crippen molar-refractivity contribution in [1.29, 1.82) is 0 Å². The molecule has 0 aliphatic heterocycles. The summed E-state index contributed by atoms with van der Waals surface area (Å²) in [6, 6.07) is -0.200. The molecule has 0 fully saturated rings. The largest absolute Gasteiger partial charge is 0.392 e. The summed E-state index contributed by atoms with van der Waals surface area (Å²) >= 11 is 0. The van der Waals surface area contributed by atoms with Gasteiger partial charge in [-0.3, -0.25) is 4.79 Å². The average molecular weight is 160 g/mol. The van der Waals surface area contributed by atoms with Crippen LogP contribution in [0.3, 0.4) is 0 Å². The molecule has 2 unspecified atom stereocenters. The van der Waals surface area contributed by atoms with Gasteiger partial charge in [-0.25, -0.2) is 0 Å². The molecule has 0 aromatic heterocycles. The minimum absolute atomic E-state index is 0.0894. The minimum Gasteiger partial charge on any atom is -0.392 e. The summed E-state index contributed by atoms with van der Waals surface area (Å²) < 4.78 is 0. The number of hydrogen-bond donors (Lipinski definition) is 3. The van der Waals surface area contributed by atoms with Gasteiger partial charge in [-0.05, 0) is 20.9 Å². The number of carbonyl (C=O) groups is 1. The molecule has 0 saturated heterocycles. The second-order valence-corrected chi connectivity index (χ2v) is 2.60. The van der Waals surface area contributed by atoms with E-state index in [1.807, 2.05) is 0 Å². The Balaban J connectivity index is 3.52. The van der Waals surface area contributed by atoms with Crippen LogP contribution in [0.25, 0.3) is 0 Å². The van der Waals surface area contributed by atoms with Crippen molar-refractivity contribution in [3.05, 3.63) is 0 Å². The van der Waals surface area contributed by atoms with Crippen LogP contribution in [-0.4, -0.2) is 36.8 Å². The fourth-order valence-corrected chi connectivity index (χ4v) is 0.532. The summed E-state index contributed by atoms with van der Waals surface area (Å²) in [4.78, 5) is 11.0. The molecule has 11 heavy (non-hydrogen) atoms. The van der Waals surface area contributed by atoms with E-state index in [0.29, 0.717) is 6.54 Å². The van der Waals surface area contributed by atoms with Gasteiger partial charge in [0.1, 0.15) is 0 Å². The lowest BCUT2D eigenvalue weighted by molar-refractivity contribution is -0.123. The van der Waals surface area contributed by atoms with Gasteiger partial charge in [-0.2, -0.15) is 0 Å². The van der Waals surface area contributed by atoms with Gasteiger partial charge >= 0.3 is 0 Å². The SMILES string of the molecule is CNC(C)C(=O)NCC(C)O. The molecule has 0 aromatic carbocycles. The molecular weight excluding hydrogens is 144 g/mol. The molecule has 0 aromatic rings. The first kappa shape index (κ1) is 10.4. The molecule has 4 nitrogen and oxygen atoms in total. The summed E-state index contributed by atoms with van der Waals surface area (Å²) in [6.07, 6.45) is -0.483. The molecule has 3 N–H and O–H groups in total. The molecule has 1 amide bonds. The minimum atomic E-state index is -0.483. The third kappa shape index (κ3) is 4.75. The molecule has 2 atom stereocenters. The van der Waals surface area contributed by atoms with Crippen molar-refractivity contribution in [3.8, 4) is 0 Å². The Hall–Kier alpha value is -0.610. The van der Waals surface area contributed by atoms with E-state index in [9.17, 15) is 4.79 Å². The molecule has 0 saturated carbocycles. The van der Waals surface area contributed by atoms with Gasteiger partial charge in [0, 0.05) is 6.54 Å². The highest BCUT2D eigenvalue weighted by Gasteiger charge is 2.09. The Morgan fingerprint density at radius 1 is 1.55 bits per heavy atom. The fourth-order valence-electron chi connectivity index (χ4n) is 0.532.